The van der Waals surface area contributed by atoms with Crippen LogP contribution in [-0.2, 0) is 17.6 Å². The Labute approximate surface area is 286 Å². The summed E-state index contributed by atoms with van der Waals surface area (Å²) < 4.78 is 13.4. The first kappa shape index (κ1) is 32.3. The number of para-hydroxylation sites is 2. The number of aromatic hydroxyl groups is 1. The zero-order chi connectivity index (χ0) is 32.7. The molecule has 0 saturated carbocycles. The predicted molar refractivity (Wildman–Crippen MR) is 204 cm³/mol. The Hall–Kier alpha value is -4.26. The van der Waals surface area contributed by atoms with E-state index >= 15 is 0 Å². The Morgan fingerprint density at radius 1 is 0.562 bits per heavy atom. The molecule has 7 rings (SSSR count). The predicted octanol–water partition coefficient (Wildman–Crippen LogP) is 7.11. The van der Waals surface area contributed by atoms with Gasteiger partial charge in [-0.3, -0.25) is 0 Å². The van der Waals surface area contributed by atoms with Crippen LogP contribution in [0.3, 0.4) is 0 Å². The number of hydrogen-bond acceptors (Lipinski definition) is 3. The Bertz CT molecular complexity index is 1840. The molecule has 240 valence electrons. The molecule has 1 aliphatic heterocycles. The van der Waals surface area contributed by atoms with Gasteiger partial charge in [0.25, 0.3) is 0 Å². The zero-order valence-electron chi connectivity index (χ0n) is 27.2. The van der Waals surface area contributed by atoms with Crippen molar-refractivity contribution in [1.29, 1.82) is 0 Å². The highest BCUT2D eigenvalue weighted by atomic mass is 31.1. The first-order valence-corrected chi connectivity index (χ1v) is 19.3. The van der Waals surface area contributed by atoms with Crippen LogP contribution in [0.25, 0.3) is 0 Å². The van der Waals surface area contributed by atoms with Crippen LogP contribution >= 0.6 is 15.8 Å². The maximum atomic E-state index is 12.0. The maximum Gasteiger partial charge on any atom is 0.131 e. The van der Waals surface area contributed by atoms with Gasteiger partial charge in [-0.15, -0.1) is 0 Å². The van der Waals surface area contributed by atoms with Crippen molar-refractivity contribution in [3.05, 3.63) is 169 Å². The standard InChI is InChI=1S/C43H40O3P2/c1-32-28-34-17-15-27-41(48(38-22-10-4-11-23-38)39-24-12-5-13-25-39)43(34)46-35(31-45-30-32)29-33-16-14-26-40(42(33)44)47(36-18-6-2-7-19-36)37-20-8-3-9-21-37/h2-27,32,35,44H,28-31H2,1H3/t32?,35-/m0/s1. The van der Waals surface area contributed by atoms with Gasteiger partial charge in [0.1, 0.15) is 17.6 Å². The fourth-order valence-electron chi connectivity index (χ4n) is 6.51. The Morgan fingerprint density at radius 2 is 1.04 bits per heavy atom. The van der Waals surface area contributed by atoms with Crippen LogP contribution in [0.15, 0.2) is 158 Å². The van der Waals surface area contributed by atoms with Gasteiger partial charge in [0.15, 0.2) is 0 Å². The van der Waals surface area contributed by atoms with E-state index in [1.807, 2.05) is 18.2 Å². The topological polar surface area (TPSA) is 38.7 Å². The lowest BCUT2D eigenvalue weighted by Gasteiger charge is -2.27. The van der Waals surface area contributed by atoms with Crippen LogP contribution in [0.2, 0.25) is 0 Å². The Kier molecular flexibility index (Phi) is 10.3. The molecule has 5 heteroatoms. The van der Waals surface area contributed by atoms with E-state index < -0.39 is 15.8 Å². The van der Waals surface area contributed by atoms with Gasteiger partial charge >= 0.3 is 0 Å². The highest BCUT2D eigenvalue weighted by Crippen LogP contribution is 2.40. The van der Waals surface area contributed by atoms with Gasteiger partial charge in [0, 0.05) is 23.6 Å². The zero-order valence-corrected chi connectivity index (χ0v) is 28.9. The van der Waals surface area contributed by atoms with Crippen molar-refractivity contribution >= 4 is 47.7 Å². The van der Waals surface area contributed by atoms with E-state index in [1.54, 1.807) is 0 Å². The third-order valence-electron chi connectivity index (χ3n) is 8.72. The van der Waals surface area contributed by atoms with Gasteiger partial charge in [0.2, 0.25) is 0 Å². The summed E-state index contributed by atoms with van der Waals surface area (Å²) in [7, 11) is -1.82. The number of fused-ring (bicyclic) bond motifs is 1. The monoisotopic (exact) mass is 666 g/mol. The van der Waals surface area contributed by atoms with Crippen molar-refractivity contribution in [1.82, 2.24) is 0 Å². The summed E-state index contributed by atoms with van der Waals surface area (Å²) in [5.74, 6) is 1.65. The first-order valence-electron chi connectivity index (χ1n) is 16.6. The second-order valence-electron chi connectivity index (χ2n) is 12.4. The van der Waals surface area contributed by atoms with Crippen molar-refractivity contribution in [2.75, 3.05) is 13.2 Å². The fraction of sp³-hybridized carbons (Fsp3) is 0.163. The second-order valence-corrected chi connectivity index (χ2v) is 16.7. The average molecular weight is 667 g/mol. The molecule has 0 fully saturated rings. The van der Waals surface area contributed by atoms with E-state index in [-0.39, 0.29) is 6.10 Å². The number of phenolic OH excluding ortho intramolecular Hbond substituents is 1. The third-order valence-corrected chi connectivity index (χ3v) is 13.7. The molecule has 2 atom stereocenters. The molecule has 0 bridgehead atoms. The molecule has 0 spiro atoms. The quantitative estimate of drug-likeness (QED) is 0.176. The molecule has 0 amide bonds. The summed E-state index contributed by atoms with van der Waals surface area (Å²) in [4.78, 5) is 0. The summed E-state index contributed by atoms with van der Waals surface area (Å²) >= 11 is 0. The third kappa shape index (κ3) is 7.25. The summed E-state index contributed by atoms with van der Waals surface area (Å²) in [5, 5.41) is 19.2. The minimum atomic E-state index is -0.953. The molecule has 6 aromatic carbocycles. The van der Waals surface area contributed by atoms with E-state index in [0.717, 1.165) is 23.0 Å². The van der Waals surface area contributed by atoms with Gasteiger partial charge < -0.3 is 14.6 Å². The van der Waals surface area contributed by atoms with Crippen molar-refractivity contribution in [2.24, 2.45) is 5.92 Å². The minimum Gasteiger partial charge on any atom is -0.507 e. The molecule has 0 aromatic heterocycles. The second kappa shape index (κ2) is 15.3. The Balaban J connectivity index is 1.28. The van der Waals surface area contributed by atoms with Crippen LogP contribution in [0.5, 0.6) is 11.5 Å². The lowest BCUT2D eigenvalue weighted by atomic mass is 10.0. The van der Waals surface area contributed by atoms with Crippen molar-refractivity contribution in [2.45, 2.75) is 25.9 Å². The normalized spacial score (nSPS) is 16.4. The van der Waals surface area contributed by atoms with E-state index in [0.29, 0.717) is 31.3 Å². The van der Waals surface area contributed by atoms with Gasteiger partial charge in [-0.25, -0.2) is 0 Å². The molecule has 0 saturated heterocycles. The van der Waals surface area contributed by atoms with E-state index in [4.69, 9.17) is 9.47 Å². The molecule has 1 aliphatic rings. The van der Waals surface area contributed by atoms with Crippen LogP contribution in [-0.4, -0.2) is 24.4 Å². The number of rotatable bonds is 8. The largest absolute Gasteiger partial charge is 0.507 e. The highest BCUT2D eigenvalue weighted by molar-refractivity contribution is 7.80. The van der Waals surface area contributed by atoms with Crippen molar-refractivity contribution in [3.63, 3.8) is 0 Å². The summed E-state index contributed by atoms with van der Waals surface area (Å²) in [6, 6.07) is 55.5. The smallest absolute Gasteiger partial charge is 0.131 e. The van der Waals surface area contributed by atoms with Crippen LogP contribution in [0, 0.1) is 5.92 Å². The van der Waals surface area contributed by atoms with Crippen LogP contribution < -0.4 is 36.6 Å². The first-order chi connectivity index (χ1) is 23.7. The van der Waals surface area contributed by atoms with Gasteiger partial charge in [-0.05, 0) is 60.5 Å². The molecular formula is C43H40O3P2. The molecule has 0 radical (unpaired) electrons. The fourth-order valence-corrected chi connectivity index (χ4v) is 11.3. The highest BCUT2D eigenvalue weighted by Gasteiger charge is 2.28. The van der Waals surface area contributed by atoms with Gasteiger partial charge in [0.05, 0.1) is 6.61 Å². The summed E-state index contributed by atoms with van der Waals surface area (Å²) in [5.41, 5.74) is 2.09. The molecule has 6 aromatic rings. The summed E-state index contributed by atoms with van der Waals surface area (Å²) in [6.45, 7) is 3.36. The molecule has 0 aliphatic carbocycles. The molecule has 1 unspecified atom stereocenters. The SMILES string of the molecule is CC1COC[C@H](Cc2cccc(P(c3ccccc3)c3ccccc3)c2O)Oc2c(cccc2P(c2ccccc2)c2ccccc2)C1. The van der Waals surface area contributed by atoms with Gasteiger partial charge in [-0.2, -0.15) is 0 Å². The lowest BCUT2D eigenvalue weighted by Crippen LogP contribution is -2.30. The van der Waals surface area contributed by atoms with E-state index in [2.05, 4.69) is 146 Å². The van der Waals surface area contributed by atoms with Crippen LogP contribution in [0.1, 0.15) is 18.1 Å². The van der Waals surface area contributed by atoms with Gasteiger partial charge in [-0.1, -0.05) is 165 Å². The molecule has 3 nitrogen and oxygen atoms in total. The minimum absolute atomic E-state index is 0.278. The lowest BCUT2D eigenvalue weighted by molar-refractivity contribution is 0.0407. The van der Waals surface area contributed by atoms with E-state index in [1.165, 1.54) is 32.1 Å². The number of phenols is 1. The molecule has 48 heavy (non-hydrogen) atoms. The number of benzene rings is 6. The van der Waals surface area contributed by atoms with E-state index in [9.17, 15) is 5.11 Å². The average Bonchev–Trinajstić information content (AvgIpc) is 3.20. The number of hydrogen-bond donors (Lipinski definition) is 1. The van der Waals surface area contributed by atoms with Crippen molar-refractivity contribution in [3.8, 4) is 11.5 Å². The summed E-state index contributed by atoms with van der Waals surface area (Å²) in [6.07, 6.45) is 1.13. The maximum absolute atomic E-state index is 12.0. The van der Waals surface area contributed by atoms with Crippen molar-refractivity contribution < 1.29 is 14.6 Å². The number of ether oxygens (including phenoxy) is 2. The molecule has 1 heterocycles. The molecule has 1 N–H and O–H groups in total. The Morgan fingerprint density at radius 3 is 1.58 bits per heavy atom. The van der Waals surface area contributed by atoms with Crippen LogP contribution in [0.4, 0.5) is 0 Å². The molecular weight excluding hydrogens is 626 g/mol.